The van der Waals surface area contributed by atoms with Crippen molar-refractivity contribution in [1.82, 2.24) is 10.0 Å². The molecule has 0 unspecified atom stereocenters. The van der Waals surface area contributed by atoms with Crippen LogP contribution < -0.4 is 10.0 Å². The van der Waals surface area contributed by atoms with Crippen LogP contribution in [0.15, 0.2) is 29.2 Å². The van der Waals surface area contributed by atoms with Gasteiger partial charge in [-0.05, 0) is 55.8 Å². The fraction of sp³-hybridized carbons (Fsp3) is 0.625. The standard InChI is InChI=1S/C16H26N2O2S/c1-16(2)9-7-14(8-10-16)18-21(19,20)15-6-4-5-13(11-15)12-17-3/h4-6,11,14,17-18H,7-10,12H2,1-3H3. The minimum absolute atomic E-state index is 0.0657. The fourth-order valence-corrected chi connectivity index (χ4v) is 4.21. The molecule has 2 rings (SSSR count). The first-order chi connectivity index (χ1) is 9.82. The van der Waals surface area contributed by atoms with Crippen molar-refractivity contribution >= 4 is 10.0 Å². The Kier molecular flexibility index (Phi) is 5.07. The van der Waals surface area contributed by atoms with Gasteiger partial charge in [0, 0.05) is 12.6 Å². The van der Waals surface area contributed by atoms with E-state index in [1.165, 1.54) is 0 Å². The number of benzene rings is 1. The summed E-state index contributed by atoms with van der Waals surface area (Å²) in [4.78, 5) is 0.361. The van der Waals surface area contributed by atoms with E-state index in [2.05, 4.69) is 23.9 Å². The van der Waals surface area contributed by atoms with Crippen molar-refractivity contribution in [3.63, 3.8) is 0 Å². The molecule has 1 saturated carbocycles. The molecule has 4 nitrogen and oxygen atoms in total. The monoisotopic (exact) mass is 310 g/mol. The maximum absolute atomic E-state index is 12.5. The molecule has 0 radical (unpaired) electrons. The minimum Gasteiger partial charge on any atom is -0.316 e. The van der Waals surface area contributed by atoms with E-state index >= 15 is 0 Å². The van der Waals surface area contributed by atoms with Gasteiger partial charge in [-0.1, -0.05) is 26.0 Å². The number of hydrogen-bond acceptors (Lipinski definition) is 3. The maximum atomic E-state index is 12.5. The van der Waals surface area contributed by atoms with Gasteiger partial charge < -0.3 is 5.32 Å². The van der Waals surface area contributed by atoms with Crippen LogP contribution in [0.1, 0.15) is 45.1 Å². The molecule has 1 aromatic rings. The van der Waals surface area contributed by atoms with Crippen molar-refractivity contribution in [2.75, 3.05) is 7.05 Å². The lowest BCUT2D eigenvalue weighted by atomic mass is 9.76. The number of nitrogens with one attached hydrogen (secondary N) is 2. The summed E-state index contributed by atoms with van der Waals surface area (Å²) in [6.45, 7) is 5.17. The highest BCUT2D eigenvalue weighted by Gasteiger charge is 2.29. The molecule has 21 heavy (non-hydrogen) atoms. The quantitative estimate of drug-likeness (QED) is 0.879. The van der Waals surface area contributed by atoms with Gasteiger partial charge in [-0.2, -0.15) is 0 Å². The first-order valence-corrected chi connectivity index (χ1v) is 9.07. The van der Waals surface area contributed by atoms with Gasteiger partial charge in [0.15, 0.2) is 0 Å². The molecule has 118 valence electrons. The number of rotatable bonds is 5. The van der Waals surface area contributed by atoms with Crippen LogP contribution >= 0.6 is 0 Å². The average molecular weight is 310 g/mol. The topological polar surface area (TPSA) is 58.2 Å². The van der Waals surface area contributed by atoms with Crippen LogP contribution in [0.2, 0.25) is 0 Å². The third kappa shape index (κ3) is 4.53. The Labute approximate surface area is 128 Å². The molecule has 0 heterocycles. The van der Waals surface area contributed by atoms with Crippen LogP contribution in [0.4, 0.5) is 0 Å². The average Bonchev–Trinajstić information content (AvgIpc) is 2.42. The number of hydrogen-bond donors (Lipinski definition) is 2. The Balaban J connectivity index is 2.07. The highest BCUT2D eigenvalue weighted by atomic mass is 32.2. The Morgan fingerprint density at radius 2 is 1.90 bits per heavy atom. The highest BCUT2D eigenvalue weighted by molar-refractivity contribution is 7.89. The molecule has 0 spiro atoms. The van der Waals surface area contributed by atoms with Crippen LogP contribution in [-0.2, 0) is 16.6 Å². The van der Waals surface area contributed by atoms with Gasteiger partial charge in [0.1, 0.15) is 0 Å². The Morgan fingerprint density at radius 1 is 1.24 bits per heavy atom. The van der Waals surface area contributed by atoms with Crippen molar-refractivity contribution < 1.29 is 8.42 Å². The van der Waals surface area contributed by atoms with Gasteiger partial charge in [0.05, 0.1) is 4.90 Å². The summed E-state index contributed by atoms with van der Waals surface area (Å²) in [7, 11) is -1.57. The van der Waals surface area contributed by atoms with E-state index in [9.17, 15) is 8.42 Å². The molecular formula is C16H26N2O2S. The van der Waals surface area contributed by atoms with E-state index < -0.39 is 10.0 Å². The minimum atomic E-state index is -3.42. The molecule has 0 saturated heterocycles. The maximum Gasteiger partial charge on any atom is 0.240 e. The molecule has 2 N–H and O–H groups in total. The molecule has 1 fully saturated rings. The Hall–Kier alpha value is -0.910. The summed E-state index contributed by atoms with van der Waals surface area (Å²) in [6, 6.07) is 7.19. The SMILES string of the molecule is CNCc1cccc(S(=O)(=O)NC2CCC(C)(C)CC2)c1. The molecule has 0 aromatic heterocycles. The zero-order chi connectivity index (χ0) is 15.5. The van der Waals surface area contributed by atoms with Crippen LogP contribution in [0.3, 0.4) is 0 Å². The third-order valence-corrected chi connectivity index (χ3v) is 5.77. The van der Waals surface area contributed by atoms with Gasteiger partial charge >= 0.3 is 0 Å². The van der Waals surface area contributed by atoms with Crippen molar-refractivity contribution in [3.8, 4) is 0 Å². The lowest BCUT2D eigenvalue weighted by Gasteiger charge is -2.34. The fourth-order valence-electron chi connectivity index (χ4n) is 2.83. The van der Waals surface area contributed by atoms with Crippen molar-refractivity contribution in [2.45, 2.75) is 57.0 Å². The molecule has 1 aliphatic carbocycles. The second kappa shape index (κ2) is 6.46. The first kappa shape index (κ1) is 16.5. The zero-order valence-electron chi connectivity index (χ0n) is 13.1. The smallest absolute Gasteiger partial charge is 0.240 e. The molecule has 1 aromatic carbocycles. The summed E-state index contributed by atoms with van der Waals surface area (Å²) in [5.41, 5.74) is 1.32. The molecular weight excluding hydrogens is 284 g/mol. The van der Waals surface area contributed by atoms with E-state index in [-0.39, 0.29) is 6.04 Å². The van der Waals surface area contributed by atoms with Crippen molar-refractivity contribution in [1.29, 1.82) is 0 Å². The summed E-state index contributed by atoms with van der Waals surface area (Å²) in [5.74, 6) is 0. The van der Waals surface area contributed by atoms with E-state index in [0.29, 0.717) is 16.9 Å². The lowest BCUT2D eigenvalue weighted by Crippen LogP contribution is -2.39. The van der Waals surface area contributed by atoms with E-state index in [4.69, 9.17) is 0 Å². The normalized spacial score (nSPS) is 19.6. The summed E-state index contributed by atoms with van der Waals surface area (Å²) >= 11 is 0. The lowest BCUT2D eigenvalue weighted by molar-refractivity contribution is 0.218. The van der Waals surface area contributed by atoms with Crippen molar-refractivity contribution in [3.05, 3.63) is 29.8 Å². The molecule has 5 heteroatoms. The van der Waals surface area contributed by atoms with Crippen LogP contribution in [0.5, 0.6) is 0 Å². The Morgan fingerprint density at radius 3 is 2.52 bits per heavy atom. The molecule has 0 aliphatic heterocycles. The molecule has 0 atom stereocenters. The Bertz CT molecular complexity index is 572. The largest absolute Gasteiger partial charge is 0.316 e. The third-order valence-electron chi connectivity index (χ3n) is 4.25. The van der Waals surface area contributed by atoms with Gasteiger partial charge in [-0.15, -0.1) is 0 Å². The summed E-state index contributed by atoms with van der Waals surface area (Å²) in [6.07, 6.45) is 3.98. The van der Waals surface area contributed by atoms with Crippen LogP contribution in [-0.4, -0.2) is 21.5 Å². The predicted octanol–water partition coefficient (Wildman–Crippen LogP) is 2.65. The van der Waals surface area contributed by atoms with Gasteiger partial charge in [-0.25, -0.2) is 13.1 Å². The second-order valence-electron chi connectivity index (χ2n) is 6.74. The van der Waals surface area contributed by atoms with Gasteiger partial charge in [-0.3, -0.25) is 0 Å². The van der Waals surface area contributed by atoms with E-state index in [1.807, 2.05) is 13.1 Å². The highest BCUT2D eigenvalue weighted by Crippen LogP contribution is 2.35. The zero-order valence-corrected chi connectivity index (χ0v) is 14.0. The van der Waals surface area contributed by atoms with Crippen molar-refractivity contribution in [2.24, 2.45) is 5.41 Å². The molecule has 0 bridgehead atoms. The summed E-state index contributed by atoms with van der Waals surface area (Å²) in [5, 5.41) is 3.04. The number of sulfonamides is 1. The van der Waals surface area contributed by atoms with Crippen LogP contribution in [0.25, 0.3) is 0 Å². The first-order valence-electron chi connectivity index (χ1n) is 7.58. The molecule has 1 aliphatic rings. The summed E-state index contributed by atoms with van der Waals surface area (Å²) < 4.78 is 27.8. The van der Waals surface area contributed by atoms with E-state index in [1.54, 1.807) is 18.2 Å². The van der Waals surface area contributed by atoms with E-state index in [0.717, 1.165) is 31.2 Å². The van der Waals surface area contributed by atoms with Gasteiger partial charge in [0.25, 0.3) is 0 Å². The molecule has 0 amide bonds. The van der Waals surface area contributed by atoms with Gasteiger partial charge in [0.2, 0.25) is 10.0 Å². The predicted molar refractivity (Wildman–Crippen MR) is 85.6 cm³/mol. The second-order valence-corrected chi connectivity index (χ2v) is 8.45. The van der Waals surface area contributed by atoms with Crippen LogP contribution in [0, 0.1) is 5.41 Å².